The largest absolute Gasteiger partial charge is 0.379 e. The third-order valence-corrected chi connectivity index (χ3v) is 7.35. The predicted octanol–water partition coefficient (Wildman–Crippen LogP) is 0.987. The summed E-state index contributed by atoms with van der Waals surface area (Å²) in [5.41, 5.74) is 3.28. The number of nitrogens with one attached hydrogen (secondary N) is 1. The second kappa shape index (κ2) is 8.82. The number of nitrogens with zero attached hydrogens (tertiary/aromatic N) is 5. The molecule has 0 unspecified atom stereocenters. The van der Waals surface area contributed by atoms with Crippen molar-refractivity contribution in [2.75, 3.05) is 31.7 Å². The van der Waals surface area contributed by atoms with E-state index in [1.165, 1.54) is 45.8 Å². The molecule has 2 aromatic carbocycles. The number of sulfonamides is 1. The molecule has 0 radical (unpaired) electrons. The second-order valence-corrected chi connectivity index (χ2v) is 9.47. The van der Waals surface area contributed by atoms with Gasteiger partial charge in [0, 0.05) is 18.7 Å². The number of fused-ring (bicyclic) bond motifs is 1. The number of para-hydroxylation sites is 1. The van der Waals surface area contributed by atoms with Crippen molar-refractivity contribution in [1.82, 2.24) is 23.7 Å². The standard InChI is InChI=1S/C22H20N6O5S/c29-21(16-6-8-18(9-7-16)34(31,32)26-10-12-33-13-11-26)25-27-15-23-20-19(22(27)30)14-24-28(20)17-4-2-1-3-5-17/h1-9,14-15H,10-13H2,(H,25,29). The van der Waals surface area contributed by atoms with Crippen LogP contribution in [0.2, 0.25) is 0 Å². The van der Waals surface area contributed by atoms with Gasteiger partial charge in [-0.2, -0.15) is 9.40 Å². The molecule has 0 aliphatic carbocycles. The SMILES string of the molecule is O=C(Nn1cnc2c(cnn2-c2ccccc2)c1=O)c1ccc(S(=O)(=O)N2CCOCC2)cc1. The van der Waals surface area contributed by atoms with Gasteiger partial charge in [0.05, 0.1) is 30.0 Å². The number of ether oxygens (including phenoxy) is 1. The summed E-state index contributed by atoms with van der Waals surface area (Å²) in [4.78, 5) is 29.9. The smallest absolute Gasteiger partial charge is 0.283 e. The van der Waals surface area contributed by atoms with Crippen molar-refractivity contribution in [3.63, 3.8) is 0 Å². The number of amides is 1. The zero-order chi connectivity index (χ0) is 23.7. The van der Waals surface area contributed by atoms with Gasteiger partial charge in [-0.3, -0.25) is 15.0 Å². The highest BCUT2D eigenvalue weighted by Gasteiger charge is 2.26. The molecule has 0 spiro atoms. The topological polar surface area (TPSA) is 128 Å². The Morgan fingerprint density at radius 2 is 1.71 bits per heavy atom. The minimum absolute atomic E-state index is 0.0829. The summed E-state index contributed by atoms with van der Waals surface area (Å²) >= 11 is 0. The van der Waals surface area contributed by atoms with Gasteiger partial charge < -0.3 is 4.74 Å². The Hall–Kier alpha value is -3.87. The minimum Gasteiger partial charge on any atom is -0.379 e. The van der Waals surface area contributed by atoms with E-state index >= 15 is 0 Å². The van der Waals surface area contributed by atoms with E-state index < -0.39 is 21.5 Å². The highest BCUT2D eigenvalue weighted by atomic mass is 32.2. The second-order valence-electron chi connectivity index (χ2n) is 7.53. The van der Waals surface area contributed by atoms with Crippen molar-refractivity contribution in [2.45, 2.75) is 4.90 Å². The van der Waals surface area contributed by atoms with Gasteiger partial charge >= 0.3 is 0 Å². The van der Waals surface area contributed by atoms with E-state index in [9.17, 15) is 18.0 Å². The zero-order valence-corrected chi connectivity index (χ0v) is 18.7. The van der Waals surface area contributed by atoms with Crippen LogP contribution in [0.15, 0.2) is 76.8 Å². The molecule has 0 atom stereocenters. The Labute approximate surface area is 194 Å². The van der Waals surface area contributed by atoms with Crippen LogP contribution in [0.1, 0.15) is 10.4 Å². The molecular weight excluding hydrogens is 460 g/mol. The molecular formula is C22H20N6O5S. The first-order chi connectivity index (χ1) is 16.4. The van der Waals surface area contributed by atoms with Crippen LogP contribution >= 0.6 is 0 Å². The number of morpholine rings is 1. The molecule has 1 aliphatic heterocycles. The van der Waals surface area contributed by atoms with Gasteiger partial charge in [-0.05, 0) is 36.4 Å². The summed E-state index contributed by atoms with van der Waals surface area (Å²) in [7, 11) is -3.67. The van der Waals surface area contributed by atoms with Gasteiger partial charge in [-0.15, -0.1) is 0 Å². The lowest BCUT2D eigenvalue weighted by atomic mass is 10.2. The van der Waals surface area contributed by atoms with E-state index in [-0.39, 0.29) is 28.9 Å². The van der Waals surface area contributed by atoms with E-state index in [4.69, 9.17) is 4.74 Å². The average molecular weight is 481 g/mol. The van der Waals surface area contributed by atoms with Crippen molar-refractivity contribution in [3.8, 4) is 5.69 Å². The van der Waals surface area contributed by atoms with Crippen molar-refractivity contribution in [1.29, 1.82) is 0 Å². The monoisotopic (exact) mass is 480 g/mol. The minimum atomic E-state index is -3.67. The quantitative estimate of drug-likeness (QED) is 0.451. The summed E-state index contributed by atoms with van der Waals surface area (Å²) < 4.78 is 34.5. The third kappa shape index (κ3) is 3.98. The van der Waals surface area contributed by atoms with Gasteiger partial charge in [-0.25, -0.2) is 22.8 Å². The number of hydrogen-bond acceptors (Lipinski definition) is 7. The normalized spacial score (nSPS) is 14.8. The molecule has 0 saturated carbocycles. The molecule has 12 heteroatoms. The van der Waals surface area contributed by atoms with Crippen LogP contribution < -0.4 is 11.0 Å². The summed E-state index contributed by atoms with van der Waals surface area (Å²) in [5.74, 6) is -0.589. The van der Waals surface area contributed by atoms with Crippen LogP contribution in [0, 0.1) is 0 Å². The molecule has 5 rings (SSSR count). The summed E-state index contributed by atoms with van der Waals surface area (Å²) in [6.45, 7) is 1.25. The summed E-state index contributed by atoms with van der Waals surface area (Å²) in [5, 5.41) is 4.47. The fourth-order valence-corrected chi connectivity index (χ4v) is 5.05. The maximum atomic E-state index is 12.9. The van der Waals surface area contributed by atoms with Crippen LogP contribution in [0.3, 0.4) is 0 Å². The highest BCUT2D eigenvalue weighted by molar-refractivity contribution is 7.89. The molecule has 34 heavy (non-hydrogen) atoms. The van der Waals surface area contributed by atoms with Crippen molar-refractivity contribution < 1.29 is 17.9 Å². The van der Waals surface area contributed by atoms with Gasteiger partial charge in [0.1, 0.15) is 11.7 Å². The van der Waals surface area contributed by atoms with Crippen LogP contribution in [0.4, 0.5) is 0 Å². The Morgan fingerprint density at radius 3 is 2.41 bits per heavy atom. The zero-order valence-electron chi connectivity index (χ0n) is 17.9. The highest BCUT2D eigenvalue weighted by Crippen LogP contribution is 2.18. The number of hydrogen-bond donors (Lipinski definition) is 1. The molecule has 4 aromatic rings. The molecule has 1 amide bonds. The number of benzene rings is 2. The maximum Gasteiger partial charge on any atom is 0.283 e. The molecule has 1 saturated heterocycles. The van der Waals surface area contributed by atoms with E-state index in [0.717, 1.165) is 10.4 Å². The molecule has 1 N–H and O–H groups in total. The first-order valence-corrected chi connectivity index (χ1v) is 11.9. The molecule has 1 aliphatic rings. The van der Waals surface area contributed by atoms with Crippen LogP contribution in [-0.4, -0.2) is 64.4 Å². The van der Waals surface area contributed by atoms with Gasteiger partial charge in [-0.1, -0.05) is 18.2 Å². The molecule has 2 aromatic heterocycles. The molecule has 3 heterocycles. The van der Waals surface area contributed by atoms with E-state index in [2.05, 4.69) is 15.5 Å². The lowest BCUT2D eigenvalue weighted by molar-refractivity contribution is 0.0730. The average Bonchev–Trinajstić information content (AvgIpc) is 3.32. The van der Waals surface area contributed by atoms with E-state index in [1.807, 2.05) is 30.3 Å². The van der Waals surface area contributed by atoms with E-state index in [0.29, 0.717) is 18.9 Å². The van der Waals surface area contributed by atoms with Gasteiger partial charge in [0.15, 0.2) is 5.65 Å². The number of carbonyl (C=O) groups excluding carboxylic acids is 1. The molecule has 1 fully saturated rings. The van der Waals surface area contributed by atoms with Crippen LogP contribution in [0.25, 0.3) is 16.7 Å². The van der Waals surface area contributed by atoms with Crippen LogP contribution in [0.5, 0.6) is 0 Å². The number of aromatic nitrogens is 4. The third-order valence-electron chi connectivity index (χ3n) is 5.44. The summed E-state index contributed by atoms with van der Waals surface area (Å²) in [6, 6.07) is 14.8. The lowest BCUT2D eigenvalue weighted by Gasteiger charge is -2.26. The van der Waals surface area contributed by atoms with Crippen molar-refractivity contribution in [3.05, 3.63) is 83.0 Å². The van der Waals surface area contributed by atoms with E-state index in [1.54, 1.807) is 0 Å². The number of carbonyl (C=O) groups is 1. The molecule has 0 bridgehead atoms. The van der Waals surface area contributed by atoms with Crippen molar-refractivity contribution in [2.24, 2.45) is 0 Å². The van der Waals surface area contributed by atoms with Gasteiger partial charge in [0.2, 0.25) is 10.0 Å². The predicted molar refractivity (Wildman–Crippen MR) is 123 cm³/mol. The van der Waals surface area contributed by atoms with Crippen molar-refractivity contribution >= 4 is 27.0 Å². The first-order valence-electron chi connectivity index (χ1n) is 10.5. The molecule has 174 valence electrons. The first kappa shape index (κ1) is 21.9. The Morgan fingerprint density at radius 1 is 1.00 bits per heavy atom. The lowest BCUT2D eigenvalue weighted by Crippen LogP contribution is -2.40. The fourth-order valence-electron chi connectivity index (χ4n) is 3.64. The summed E-state index contributed by atoms with van der Waals surface area (Å²) in [6.07, 6.45) is 2.60. The van der Waals surface area contributed by atoms with Gasteiger partial charge in [0.25, 0.3) is 11.5 Å². The maximum absolute atomic E-state index is 12.9. The molecule has 11 nitrogen and oxygen atoms in total. The van der Waals surface area contributed by atoms with Crippen LogP contribution in [-0.2, 0) is 14.8 Å². The number of rotatable bonds is 5. The Kier molecular flexibility index (Phi) is 5.69. The Balaban J connectivity index is 1.36. The fraction of sp³-hybridized carbons (Fsp3) is 0.182. The Bertz CT molecular complexity index is 1510.